The first-order chi connectivity index (χ1) is 10.9. The van der Waals surface area contributed by atoms with Crippen LogP contribution in [0.4, 0.5) is 13.2 Å². The Morgan fingerprint density at radius 2 is 1.61 bits per heavy atom. The fraction of sp³-hybridized carbons (Fsp3) is 0.0667. The molecule has 2 aromatic carbocycles. The zero-order valence-corrected chi connectivity index (χ0v) is 11.6. The van der Waals surface area contributed by atoms with Crippen molar-refractivity contribution >= 4 is 11.8 Å². The number of benzene rings is 2. The standard InChI is InChI=1S/C15H11F3N2O3/c16-9-3-1-8(2-4-9)5-13(22)19-20-15(23)14-11(18)6-10(17)7-12(14)21/h1-4,6-7,21H,5H2,(H,19,22)(H,20,23). The van der Waals surface area contributed by atoms with Gasteiger partial charge in [-0.15, -0.1) is 0 Å². The Bertz CT molecular complexity index is 725. The number of rotatable bonds is 3. The van der Waals surface area contributed by atoms with Gasteiger partial charge in [0.2, 0.25) is 5.91 Å². The molecule has 0 heterocycles. The van der Waals surface area contributed by atoms with Gasteiger partial charge in [0, 0.05) is 12.1 Å². The third kappa shape index (κ3) is 4.22. The van der Waals surface area contributed by atoms with Gasteiger partial charge in [-0.2, -0.15) is 0 Å². The van der Waals surface area contributed by atoms with Gasteiger partial charge in [-0.1, -0.05) is 12.1 Å². The Hall–Kier alpha value is -3.03. The van der Waals surface area contributed by atoms with E-state index in [1.165, 1.54) is 24.3 Å². The van der Waals surface area contributed by atoms with Crippen molar-refractivity contribution in [2.24, 2.45) is 0 Å². The van der Waals surface area contributed by atoms with Crippen molar-refractivity contribution in [1.29, 1.82) is 0 Å². The van der Waals surface area contributed by atoms with Crippen LogP contribution in [0.1, 0.15) is 15.9 Å². The number of hydrogen-bond donors (Lipinski definition) is 3. The van der Waals surface area contributed by atoms with Crippen LogP contribution in [0.2, 0.25) is 0 Å². The topological polar surface area (TPSA) is 78.4 Å². The van der Waals surface area contributed by atoms with Crippen LogP contribution in [-0.4, -0.2) is 16.9 Å². The highest BCUT2D eigenvalue weighted by Gasteiger charge is 2.19. The van der Waals surface area contributed by atoms with E-state index in [9.17, 15) is 27.9 Å². The molecular formula is C15H11F3N2O3. The van der Waals surface area contributed by atoms with Gasteiger partial charge in [0.05, 0.1) is 6.42 Å². The van der Waals surface area contributed by atoms with Crippen molar-refractivity contribution in [3.05, 3.63) is 65.0 Å². The van der Waals surface area contributed by atoms with Gasteiger partial charge < -0.3 is 5.11 Å². The second-order valence-electron chi connectivity index (χ2n) is 4.59. The summed E-state index contributed by atoms with van der Waals surface area (Å²) in [5.41, 5.74) is 3.60. The molecule has 0 atom stereocenters. The maximum absolute atomic E-state index is 13.5. The van der Waals surface area contributed by atoms with Crippen molar-refractivity contribution in [2.75, 3.05) is 0 Å². The van der Waals surface area contributed by atoms with Crippen LogP contribution in [0, 0.1) is 17.5 Å². The molecule has 0 bridgehead atoms. The number of phenols is 1. The molecule has 2 aromatic rings. The van der Waals surface area contributed by atoms with Crippen LogP contribution in [0.25, 0.3) is 0 Å². The van der Waals surface area contributed by atoms with Gasteiger partial charge >= 0.3 is 0 Å². The number of phenolic OH excluding ortho intramolecular Hbond substituents is 1. The van der Waals surface area contributed by atoms with E-state index in [-0.39, 0.29) is 6.42 Å². The molecule has 2 amide bonds. The second-order valence-corrected chi connectivity index (χ2v) is 4.59. The summed E-state index contributed by atoms with van der Waals surface area (Å²) in [4.78, 5) is 23.3. The molecule has 23 heavy (non-hydrogen) atoms. The molecule has 0 aliphatic carbocycles. The molecule has 0 spiro atoms. The van der Waals surface area contributed by atoms with Crippen LogP contribution in [0.5, 0.6) is 5.75 Å². The number of aromatic hydroxyl groups is 1. The first-order valence-electron chi connectivity index (χ1n) is 6.38. The van der Waals surface area contributed by atoms with E-state index in [0.717, 1.165) is 0 Å². The SMILES string of the molecule is O=C(Cc1ccc(F)cc1)NNC(=O)c1c(O)cc(F)cc1F. The molecule has 0 fully saturated rings. The number of hydrazine groups is 1. The van der Waals surface area contributed by atoms with Crippen LogP contribution in [-0.2, 0) is 11.2 Å². The Morgan fingerprint density at radius 1 is 0.957 bits per heavy atom. The molecule has 0 aromatic heterocycles. The third-order valence-corrected chi connectivity index (χ3v) is 2.85. The fourth-order valence-electron chi connectivity index (χ4n) is 1.81. The number of hydrogen-bond acceptors (Lipinski definition) is 3. The Morgan fingerprint density at radius 3 is 2.22 bits per heavy atom. The summed E-state index contributed by atoms with van der Waals surface area (Å²) in [6.07, 6.45) is -0.154. The minimum absolute atomic E-state index is 0.154. The lowest BCUT2D eigenvalue weighted by Crippen LogP contribution is -2.42. The van der Waals surface area contributed by atoms with Crippen LogP contribution in [0.3, 0.4) is 0 Å². The number of nitrogens with one attached hydrogen (secondary N) is 2. The number of carbonyl (C=O) groups excluding carboxylic acids is 2. The highest BCUT2D eigenvalue weighted by molar-refractivity contribution is 5.98. The van der Waals surface area contributed by atoms with E-state index in [0.29, 0.717) is 17.7 Å². The average molecular weight is 324 g/mol. The molecule has 8 heteroatoms. The molecule has 2 rings (SSSR count). The lowest BCUT2D eigenvalue weighted by molar-refractivity contribution is -0.121. The van der Waals surface area contributed by atoms with E-state index in [1.54, 1.807) is 0 Å². The maximum Gasteiger partial charge on any atom is 0.276 e. The molecular weight excluding hydrogens is 313 g/mol. The van der Waals surface area contributed by atoms with E-state index in [4.69, 9.17) is 0 Å². The summed E-state index contributed by atoms with van der Waals surface area (Å²) in [5.74, 6) is -5.46. The Kier molecular flexibility index (Phi) is 4.85. The van der Waals surface area contributed by atoms with Gasteiger partial charge in [-0.25, -0.2) is 13.2 Å². The van der Waals surface area contributed by atoms with Crippen LogP contribution in [0.15, 0.2) is 36.4 Å². The molecule has 0 aliphatic rings. The largest absolute Gasteiger partial charge is 0.507 e. The predicted octanol–water partition coefficient (Wildman–Crippen LogP) is 1.81. The summed E-state index contributed by atoms with van der Waals surface area (Å²) in [7, 11) is 0. The highest BCUT2D eigenvalue weighted by Crippen LogP contribution is 2.21. The zero-order valence-electron chi connectivity index (χ0n) is 11.6. The minimum atomic E-state index is -1.27. The van der Waals surface area contributed by atoms with Gasteiger partial charge in [0.15, 0.2) is 0 Å². The molecule has 0 radical (unpaired) electrons. The number of amides is 2. The van der Waals surface area contributed by atoms with E-state index >= 15 is 0 Å². The molecule has 5 nitrogen and oxygen atoms in total. The first kappa shape index (κ1) is 16.3. The van der Waals surface area contributed by atoms with Gasteiger partial charge in [-0.05, 0) is 17.7 Å². The van der Waals surface area contributed by atoms with Crippen molar-refractivity contribution in [1.82, 2.24) is 10.9 Å². The van der Waals surface area contributed by atoms with Gasteiger partial charge in [0.1, 0.15) is 28.8 Å². The van der Waals surface area contributed by atoms with Gasteiger partial charge in [-0.3, -0.25) is 20.4 Å². The smallest absolute Gasteiger partial charge is 0.276 e. The predicted molar refractivity (Wildman–Crippen MR) is 73.7 cm³/mol. The molecule has 120 valence electrons. The summed E-state index contributed by atoms with van der Waals surface area (Å²) < 4.78 is 39.0. The van der Waals surface area contributed by atoms with Crippen molar-refractivity contribution in [3.8, 4) is 5.75 Å². The van der Waals surface area contributed by atoms with Crippen LogP contribution < -0.4 is 10.9 Å². The first-order valence-corrected chi connectivity index (χ1v) is 6.38. The van der Waals surface area contributed by atoms with E-state index in [1.807, 2.05) is 10.9 Å². The second kappa shape index (κ2) is 6.82. The normalized spacial score (nSPS) is 10.2. The fourth-order valence-corrected chi connectivity index (χ4v) is 1.81. The van der Waals surface area contributed by atoms with E-state index in [2.05, 4.69) is 0 Å². The summed E-state index contributed by atoms with van der Waals surface area (Å²) in [6.45, 7) is 0. The quantitative estimate of drug-likeness (QED) is 0.754. The molecule has 0 saturated heterocycles. The van der Waals surface area contributed by atoms with E-state index < -0.39 is 40.6 Å². The highest BCUT2D eigenvalue weighted by atomic mass is 19.1. The third-order valence-electron chi connectivity index (χ3n) is 2.85. The molecule has 0 saturated carbocycles. The zero-order chi connectivity index (χ0) is 17.0. The van der Waals surface area contributed by atoms with Crippen molar-refractivity contribution < 1.29 is 27.9 Å². The summed E-state index contributed by atoms with van der Waals surface area (Å²) in [6, 6.07) is 6.12. The molecule has 0 aliphatic heterocycles. The van der Waals surface area contributed by atoms with Gasteiger partial charge in [0.25, 0.3) is 5.91 Å². The lowest BCUT2D eigenvalue weighted by atomic mass is 10.1. The van der Waals surface area contributed by atoms with Crippen molar-refractivity contribution in [3.63, 3.8) is 0 Å². The minimum Gasteiger partial charge on any atom is -0.507 e. The molecule has 0 unspecified atom stereocenters. The average Bonchev–Trinajstić information content (AvgIpc) is 2.46. The Labute approximate surface area is 128 Å². The summed E-state index contributed by atoms with van der Waals surface area (Å²) >= 11 is 0. The summed E-state index contributed by atoms with van der Waals surface area (Å²) in [5, 5.41) is 9.38. The number of halogens is 3. The van der Waals surface area contributed by atoms with Crippen molar-refractivity contribution in [2.45, 2.75) is 6.42 Å². The molecule has 3 N–H and O–H groups in total. The van der Waals surface area contributed by atoms with Crippen LogP contribution >= 0.6 is 0 Å². The maximum atomic E-state index is 13.5. The monoisotopic (exact) mass is 324 g/mol. The number of carbonyl (C=O) groups is 2. The Balaban J connectivity index is 1.96. The lowest BCUT2D eigenvalue weighted by Gasteiger charge is -2.09.